The first-order valence-corrected chi connectivity index (χ1v) is 10.2. The number of fused-ring (bicyclic) bond motifs is 1. The SMILES string of the molecule is COc1ccc(C=CC(=O)N2CCC(C(=O)c3ccc4c(c3)OCCO4)CC2)cc1. The van der Waals surface area contributed by atoms with Crippen molar-refractivity contribution in [1.29, 1.82) is 0 Å². The second-order valence-electron chi connectivity index (χ2n) is 7.43. The molecule has 2 aromatic rings. The standard InChI is InChI=1S/C24H25NO5/c1-28-20-6-2-17(3-7-20)4-9-23(26)25-12-10-18(11-13-25)24(27)19-5-8-21-22(16-19)30-15-14-29-21/h2-9,16,18H,10-15H2,1H3. The molecule has 30 heavy (non-hydrogen) atoms. The van der Waals surface area contributed by atoms with Crippen molar-refractivity contribution in [1.82, 2.24) is 4.90 Å². The number of amides is 1. The number of carbonyl (C=O) groups excluding carboxylic acids is 2. The van der Waals surface area contributed by atoms with Gasteiger partial charge in [-0.2, -0.15) is 0 Å². The van der Waals surface area contributed by atoms with Crippen molar-refractivity contribution in [2.45, 2.75) is 12.8 Å². The molecule has 0 radical (unpaired) electrons. The Balaban J connectivity index is 1.32. The van der Waals surface area contributed by atoms with Crippen LogP contribution in [0.3, 0.4) is 0 Å². The molecule has 156 valence electrons. The highest BCUT2D eigenvalue weighted by Gasteiger charge is 2.28. The van der Waals surface area contributed by atoms with Gasteiger partial charge >= 0.3 is 0 Å². The fourth-order valence-corrected chi connectivity index (χ4v) is 3.78. The van der Waals surface area contributed by atoms with Crippen LogP contribution in [0.25, 0.3) is 6.08 Å². The van der Waals surface area contributed by atoms with Crippen LogP contribution in [0, 0.1) is 5.92 Å². The topological polar surface area (TPSA) is 65.1 Å². The fraction of sp³-hybridized carbons (Fsp3) is 0.333. The number of hydrogen-bond acceptors (Lipinski definition) is 5. The van der Waals surface area contributed by atoms with E-state index in [-0.39, 0.29) is 17.6 Å². The Morgan fingerprint density at radius 3 is 2.40 bits per heavy atom. The minimum atomic E-state index is -0.0813. The Kier molecular flexibility index (Phi) is 6.02. The first-order valence-electron chi connectivity index (χ1n) is 10.2. The van der Waals surface area contributed by atoms with Gasteiger partial charge in [0.05, 0.1) is 7.11 Å². The molecule has 1 saturated heterocycles. The van der Waals surface area contributed by atoms with E-state index in [1.807, 2.05) is 24.3 Å². The average Bonchev–Trinajstić information content (AvgIpc) is 2.82. The number of Topliss-reactive ketones (excluding diaryl/α,β-unsaturated/α-hetero) is 1. The molecule has 2 aliphatic heterocycles. The van der Waals surface area contributed by atoms with Crippen LogP contribution < -0.4 is 14.2 Å². The molecule has 1 fully saturated rings. The maximum Gasteiger partial charge on any atom is 0.246 e. The quantitative estimate of drug-likeness (QED) is 0.560. The highest BCUT2D eigenvalue weighted by Crippen LogP contribution is 2.32. The van der Waals surface area contributed by atoms with Gasteiger partial charge < -0.3 is 19.1 Å². The first kappa shape index (κ1) is 20.0. The van der Waals surface area contributed by atoms with E-state index >= 15 is 0 Å². The summed E-state index contributed by atoms with van der Waals surface area (Å²) >= 11 is 0. The third kappa shape index (κ3) is 4.48. The van der Waals surface area contributed by atoms with E-state index in [9.17, 15) is 9.59 Å². The van der Waals surface area contributed by atoms with Crippen LogP contribution in [0.15, 0.2) is 48.5 Å². The maximum absolute atomic E-state index is 12.9. The zero-order valence-corrected chi connectivity index (χ0v) is 17.0. The van der Waals surface area contributed by atoms with Crippen molar-refractivity contribution in [2.24, 2.45) is 5.92 Å². The summed E-state index contributed by atoms with van der Waals surface area (Å²) in [5.41, 5.74) is 1.58. The van der Waals surface area contributed by atoms with Crippen LogP contribution in [-0.4, -0.2) is 50.0 Å². The monoisotopic (exact) mass is 407 g/mol. The molecule has 0 spiro atoms. The Hall–Kier alpha value is -3.28. The second-order valence-corrected chi connectivity index (χ2v) is 7.43. The van der Waals surface area contributed by atoms with E-state index in [2.05, 4.69) is 0 Å². The van der Waals surface area contributed by atoms with Crippen molar-refractivity contribution >= 4 is 17.8 Å². The summed E-state index contributed by atoms with van der Waals surface area (Å²) < 4.78 is 16.2. The van der Waals surface area contributed by atoms with Gasteiger partial charge in [0.15, 0.2) is 17.3 Å². The third-order valence-corrected chi connectivity index (χ3v) is 5.54. The summed E-state index contributed by atoms with van der Waals surface area (Å²) in [5.74, 6) is 2.08. The first-order chi connectivity index (χ1) is 14.6. The van der Waals surface area contributed by atoms with Gasteiger partial charge in [0.2, 0.25) is 5.91 Å². The summed E-state index contributed by atoms with van der Waals surface area (Å²) in [6.45, 7) is 2.17. The predicted octanol–water partition coefficient (Wildman–Crippen LogP) is 3.60. The van der Waals surface area contributed by atoms with Crippen molar-refractivity contribution in [3.05, 3.63) is 59.7 Å². The molecule has 2 aromatic carbocycles. The predicted molar refractivity (Wildman–Crippen MR) is 113 cm³/mol. The van der Waals surface area contributed by atoms with Gasteiger partial charge in [0.1, 0.15) is 19.0 Å². The molecule has 0 aliphatic carbocycles. The lowest BCUT2D eigenvalue weighted by Crippen LogP contribution is -2.39. The van der Waals surface area contributed by atoms with Crippen LogP contribution in [0.1, 0.15) is 28.8 Å². The summed E-state index contributed by atoms with van der Waals surface area (Å²) in [6.07, 6.45) is 4.71. The van der Waals surface area contributed by atoms with Crippen molar-refractivity contribution in [3.8, 4) is 17.2 Å². The minimum Gasteiger partial charge on any atom is -0.497 e. The average molecular weight is 407 g/mol. The molecule has 2 heterocycles. The summed E-state index contributed by atoms with van der Waals surface area (Å²) in [5, 5.41) is 0. The summed E-state index contributed by atoms with van der Waals surface area (Å²) in [7, 11) is 1.62. The number of ether oxygens (including phenoxy) is 3. The molecular weight excluding hydrogens is 382 g/mol. The normalized spacial score (nSPS) is 16.5. The number of piperidine rings is 1. The Labute approximate surface area is 176 Å². The van der Waals surface area contributed by atoms with Gasteiger partial charge in [0.25, 0.3) is 0 Å². The number of rotatable bonds is 5. The molecule has 6 nitrogen and oxygen atoms in total. The summed E-state index contributed by atoms with van der Waals surface area (Å²) in [6, 6.07) is 12.9. The molecule has 0 unspecified atom stereocenters. The number of carbonyl (C=O) groups is 2. The number of hydrogen-bond donors (Lipinski definition) is 0. The van der Waals surface area contributed by atoms with Gasteiger partial charge in [-0.15, -0.1) is 0 Å². The second kappa shape index (κ2) is 9.03. The van der Waals surface area contributed by atoms with Gasteiger partial charge in [0, 0.05) is 30.6 Å². The Bertz CT molecular complexity index is 943. The maximum atomic E-state index is 12.9. The molecule has 1 amide bonds. The van der Waals surface area contributed by atoms with E-state index in [4.69, 9.17) is 14.2 Å². The number of methoxy groups -OCH3 is 1. The molecule has 0 bridgehead atoms. The van der Waals surface area contributed by atoms with Crippen LogP contribution in [0.5, 0.6) is 17.2 Å². The molecule has 0 aromatic heterocycles. The Morgan fingerprint density at radius 1 is 1.00 bits per heavy atom. The number of nitrogens with zero attached hydrogens (tertiary/aromatic N) is 1. The van der Waals surface area contributed by atoms with Crippen LogP contribution in [0.4, 0.5) is 0 Å². The molecule has 0 atom stereocenters. The molecule has 0 saturated carbocycles. The number of benzene rings is 2. The highest BCUT2D eigenvalue weighted by atomic mass is 16.6. The van der Waals surface area contributed by atoms with Gasteiger partial charge in [-0.25, -0.2) is 0 Å². The van der Waals surface area contributed by atoms with E-state index < -0.39 is 0 Å². The lowest BCUT2D eigenvalue weighted by Gasteiger charge is -2.30. The zero-order valence-electron chi connectivity index (χ0n) is 17.0. The van der Waals surface area contributed by atoms with Crippen molar-refractivity contribution < 1.29 is 23.8 Å². The molecule has 6 heteroatoms. The molecule has 4 rings (SSSR count). The van der Waals surface area contributed by atoms with Gasteiger partial charge in [-0.05, 0) is 54.8 Å². The highest BCUT2D eigenvalue weighted by molar-refractivity contribution is 5.99. The lowest BCUT2D eigenvalue weighted by molar-refractivity contribution is -0.127. The van der Waals surface area contributed by atoms with Crippen molar-refractivity contribution in [3.63, 3.8) is 0 Å². The molecular formula is C24H25NO5. The number of likely N-dealkylation sites (tertiary alicyclic amines) is 1. The van der Waals surface area contributed by atoms with Crippen LogP contribution >= 0.6 is 0 Å². The van der Waals surface area contributed by atoms with E-state index in [1.54, 1.807) is 42.4 Å². The largest absolute Gasteiger partial charge is 0.497 e. The number of ketones is 1. The van der Waals surface area contributed by atoms with E-state index in [0.717, 1.165) is 11.3 Å². The lowest BCUT2D eigenvalue weighted by atomic mass is 9.88. The van der Waals surface area contributed by atoms with E-state index in [1.165, 1.54) is 0 Å². The van der Waals surface area contributed by atoms with Gasteiger partial charge in [-0.1, -0.05) is 12.1 Å². The molecule has 0 N–H and O–H groups in total. The van der Waals surface area contributed by atoms with Gasteiger partial charge in [-0.3, -0.25) is 9.59 Å². The minimum absolute atomic E-state index is 0.0314. The third-order valence-electron chi connectivity index (χ3n) is 5.54. The molecule has 2 aliphatic rings. The fourth-order valence-electron chi connectivity index (χ4n) is 3.78. The Morgan fingerprint density at radius 2 is 1.70 bits per heavy atom. The van der Waals surface area contributed by atoms with E-state index in [0.29, 0.717) is 56.2 Å². The summed E-state index contributed by atoms with van der Waals surface area (Å²) in [4.78, 5) is 27.2. The zero-order chi connectivity index (χ0) is 20.9. The van der Waals surface area contributed by atoms with Crippen LogP contribution in [0.2, 0.25) is 0 Å². The van der Waals surface area contributed by atoms with Crippen molar-refractivity contribution in [2.75, 3.05) is 33.4 Å². The van der Waals surface area contributed by atoms with Crippen LogP contribution in [-0.2, 0) is 4.79 Å². The smallest absolute Gasteiger partial charge is 0.246 e.